The molecule has 1 N–H and O–H groups in total. The van der Waals surface area contributed by atoms with E-state index >= 15 is 0 Å². The molecule has 1 aliphatic rings. The maximum absolute atomic E-state index is 5.80. The molecule has 17 heavy (non-hydrogen) atoms. The van der Waals surface area contributed by atoms with Gasteiger partial charge in [0, 0.05) is 25.2 Å². The van der Waals surface area contributed by atoms with Crippen LogP contribution in [0.25, 0.3) is 0 Å². The normalized spacial score (nSPS) is 22.6. The molecule has 3 heteroatoms. The fourth-order valence-corrected chi connectivity index (χ4v) is 2.26. The average molecular weight is 242 g/mol. The maximum atomic E-state index is 5.80. The van der Waals surface area contributed by atoms with E-state index in [4.69, 9.17) is 4.74 Å². The predicted molar refractivity (Wildman–Crippen MR) is 73.4 cm³/mol. The first-order valence-corrected chi connectivity index (χ1v) is 7.00. The third-order valence-corrected chi connectivity index (χ3v) is 3.17. The molecule has 0 bridgehead atoms. The molecule has 1 aliphatic heterocycles. The molecule has 1 rings (SSSR count). The predicted octanol–water partition coefficient (Wildman–Crippen LogP) is 2.26. The second kappa shape index (κ2) is 6.72. The topological polar surface area (TPSA) is 24.5 Å². The Morgan fingerprint density at radius 2 is 2.06 bits per heavy atom. The summed E-state index contributed by atoms with van der Waals surface area (Å²) in [6.07, 6.45) is 2.66. The van der Waals surface area contributed by atoms with Crippen LogP contribution in [0, 0.1) is 0 Å². The molecule has 0 spiro atoms. The minimum Gasteiger partial charge on any atom is -0.375 e. The van der Waals surface area contributed by atoms with Crippen LogP contribution in [0.3, 0.4) is 0 Å². The zero-order valence-corrected chi connectivity index (χ0v) is 12.3. The minimum absolute atomic E-state index is 0.00853. The lowest BCUT2D eigenvalue weighted by Crippen LogP contribution is -2.42. The Hall–Kier alpha value is -0.120. The molecule has 0 aromatic heterocycles. The van der Waals surface area contributed by atoms with Crippen LogP contribution in [0.5, 0.6) is 0 Å². The number of hydrogen-bond acceptors (Lipinski definition) is 3. The van der Waals surface area contributed by atoms with Gasteiger partial charge in [-0.05, 0) is 40.2 Å². The van der Waals surface area contributed by atoms with E-state index in [1.807, 2.05) is 0 Å². The lowest BCUT2D eigenvalue weighted by molar-refractivity contribution is -0.0143. The molecule has 1 saturated heterocycles. The molecule has 0 aromatic carbocycles. The number of hydrogen-bond donors (Lipinski definition) is 1. The van der Waals surface area contributed by atoms with E-state index < -0.39 is 0 Å². The third kappa shape index (κ3) is 6.39. The zero-order chi connectivity index (χ0) is 12.9. The molecule has 0 saturated carbocycles. The highest BCUT2D eigenvalue weighted by Crippen LogP contribution is 2.16. The molecule has 102 valence electrons. The summed E-state index contributed by atoms with van der Waals surface area (Å²) in [5, 5.41) is 3.54. The van der Waals surface area contributed by atoms with Crippen LogP contribution < -0.4 is 5.32 Å². The quantitative estimate of drug-likeness (QED) is 0.773. The zero-order valence-electron chi connectivity index (χ0n) is 12.3. The van der Waals surface area contributed by atoms with Crippen LogP contribution >= 0.6 is 0 Å². The number of likely N-dealkylation sites (tertiary alicyclic amines) is 1. The van der Waals surface area contributed by atoms with Crippen molar-refractivity contribution >= 4 is 0 Å². The molecular weight excluding hydrogens is 212 g/mol. The molecule has 0 amide bonds. The third-order valence-electron chi connectivity index (χ3n) is 3.17. The minimum atomic E-state index is -0.00853. The molecular formula is C14H30N2O. The van der Waals surface area contributed by atoms with Crippen molar-refractivity contribution in [2.24, 2.45) is 0 Å². The van der Waals surface area contributed by atoms with Gasteiger partial charge < -0.3 is 10.1 Å². The lowest BCUT2D eigenvalue weighted by Gasteiger charge is -2.27. The van der Waals surface area contributed by atoms with Gasteiger partial charge in [-0.2, -0.15) is 0 Å². The summed E-state index contributed by atoms with van der Waals surface area (Å²) in [6, 6.07) is 1.30. The Morgan fingerprint density at radius 3 is 2.65 bits per heavy atom. The van der Waals surface area contributed by atoms with Crippen LogP contribution in [-0.4, -0.2) is 48.8 Å². The highest BCUT2D eigenvalue weighted by atomic mass is 16.5. The fourth-order valence-electron chi connectivity index (χ4n) is 2.26. The van der Waals surface area contributed by atoms with E-state index in [1.54, 1.807) is 0 Å². The Bertz CT molecular complexity index is 211. The number of rotatable bonds is 6. The second-order valence-corrected chi connectivity index (χ2v) is 6.36. The van der Waals surface area contributed by atoms with Crippen LogP contribution in [0.15, 0.2) is 0 Å². The van der Waals surface area contributed by atoms with E-state index in [0.29, 0.717) is 12.1 Å². The monoisotopic (exact) mass is 242 g/mol. The second-order valence-electron chi connectivity index (χ2n) is 6.36. The number of ether oxygens (including phenoxy) is 1. The largest absolute Gasteiger partial charge is 0.375 e. The Morgan fingerprint density at radius 1 is 1.35 bits per heavy atom. The fraction of sp³-hybridized carbons (Fsp3) is 1.00. The Kier molecular flexibility index (Phi) is 5.90. The lowest BCUT2D eigenvalue weighted by atomic mass is 10.2. The van der Waals surface area contributed by atoms with Gasteiger partial charge >= 0.3 is 0 Å². The van der Waals surface area contributed by atoms with Crippen molar-refractivity contribution in [2.45, 2.75) is 65.1 Å². The molecule has 1 atom stereocenters. The summed E-state index contributed by atoms with van der Waals surface area (Å²) in [4.78, 5) is 2.57. The summed E-state index contributed by atoms with van der Waals surface area (Å²) in [5.74, 6) is 0. The van der Waals surface area contributed by atoms with Crippen molar-refractivity contribution in [2.75, 3.05) is 26.2 Å². The maximum Gasteiger partial charge on any atom is 0.0600 e. The number of nitrogens with zero attached hydrogens (tertiary/aromatic N) is 1. The SMILES string of the molecule is CC(C)NCC1CCCN1CCOC(C)(C)C. The average Bonchev–Trinajstić information content (AvgIpc) is 2.60. The first kappa shape index (κ1) is 14.9. The van der Waals surface area contributed by atoms with Gasteiger partial charge in [0.1, 0.15) is 0 Å². The van der Waals surface area contributed by atoms with E-state index in [2.05, 4.69) is 44.8 Å². The summed E-state index contributed by atoms with van der Waals surface area (Å²) in [5.41, 5.74) is -0.00853. The van der Waals surface area contributed by atoms with Crippen molar-refractivity contribution in [3.05, 3.63) is 0 Å². The van der Waals surface area contributed by atoms with Crippen molar-refractivity contribution in [3.8, 4) is 0 Å². The van der Waals surface area contributed by atoms with Gasteiger partial charge in [0.15, 0.2) is 0 Å². The summed E-state index contributed by atoms with van der Waals surface area (Å²) in [6.45, 7) is 15.1. The van der Waals surface area contributed by atoms with E-state index in [0.717, 1.165) is 19.7 Å². The molecule has 3 nitrogen and oxygen atoms in total. The number of nitrogens with one attached hydrogen (secondary N) is 1. The van der Waals surface area contributed by atoms with Crippen LogP contribution in [0.2, 0.25) is 0 Å². The van der Waals surface area contributed by atoms with Gasteiger partial charge in [-0.15, -0.1) is 0 Å². The van der Waals surface area contributed by atoms with E-state index in [1.165, 1.54) is 19.4 Å². The van der Waals surface area contributed by atoms with Gasteiger partial charge in [-0.25, -0.2) is 0 Å². The molecule has 0 aromatic rings. The van der Waals surface area contributed by atoms with Crippen LogP contribution in [-0.2, 0) is 4.74 Å². The smallest absolute Gasteiger partial charge is 0.0600 e. The summed E-state index contributed by atoms with van der Waals surface area (Å²) in [7, 11) is 0. The van der Waals surface area contributed by atoms with Crippen molar-refractivity contribution in [3.63, 3.8) is 0 Å². The first-order valence-electron chi connectivity index (χ1n) is 7.00. The van der Waals surface area contributed by atoms with Crippen LogP contribution in [0.4, 0.5) is 0 Å². The molecule has 1 unspecified atom stereocenters. The highest BCUT2D eigenvalue weighted by molar-refractivity contribution is 4.81. The van der Waals surface area contributed by atoms with Gasteiger partial charge in [-0.1, -0.05) is 13.8 Å². The van der Waals surface area contributed by atoms with E-state index in [9.17, 15) is 0 Å². The molecule has 1 heterocycles. The highest BCUT2D eigenvalue weighted by Gasteiger charge is 2.24. The first-order chi connectivity index (χ1) is 7.88. The van der Waals surface area contributed by atoms with Crippen molar-refractivity contribution in [1.82, 2.24) is 10.2 Å². The van der Waals surface area contributed by atoms with Crippen molar-refractivity contribution in [1.29, 1.82) is 0 Å². The Balaban J connectivity index is 2.22. The molecule has 0 radical (unpaired) electrons. The summed E-state index contributed by atoms with van der Waals surface area (Å²) < 4.78 is 5.80. The summed E-state index contributed by atoms with van der Waals surface area (Å²) >= 11 is 0. The standard InChI is InChI=1S/C14H30N2O/c1-12(2)15-11-13-7-6-8-16(13)9-10-17-14(3,4)5/h12-13,15H,6-11H2,1-5H3. The van der Waals surface area contributed by atoms with Gasteiger partial charge in [-0.3, -0.25) is 4.90 Å². The van der Waals surface area contributed by atoms with E-state index in [-0.39, 0.29) is 5.60 Å². The van der Waals surface area contributed by atoms with Gasteiger partial charge in [0.2, 0.25) is 0 Å². The molecule has 1 fully saturated rings. The van der Waals surface area contributed by atoms with Crippen molar-refractivity contribution < 1.29 is 4.74 Å². The Labute approximate surface area is 107 Å². The van der Waals surface area contributed by atoms with Gasteiger partial charge in [0.25, 0.3) is 0 Å². The molecule has 0 aliphatic carbocycles. The van der Waals surface area contributed by atoms with Crippen LogP contribution in [0.1, 0.15) is 47.5 Å². The van der Waals surface area contributed by atoms with Gasteiger partial charge in [0.05, 0.1) is 12.2 Å².